The molecule has 1 fully saturated rings. The van der Waals surface area contributed by atoms with Crippen molar-refractivity contribution in [2.45, 2.75) is 0 Å². The second-order valence-electron chi connectivity index (χ2n) is 2.81. The minimum Gasteiger partial charge on any atom is -0.378 e. The smallest absolute Gasteiger partial charge is 0.152 e. The van der Waals surface area contributed by atoms with Crippen molar-refractivity contribution in [3.63, 3.8) is 0 Å². The monoisotopic (exact) mass is 243 g/mol. The molecule has 0 atom stereocenters. The molecule has 2 rings (SSSR count). The zero-order valence-electron chi connectivity index (χ0n) is 7.11. The largest absolute Gasteiger partial charge is 0.378 e. The van der Waals surface area contributed by atoms with Crippen LogP contribution in [-0.2, 0) is 4.74 Å². The topological polar surface area (TPSA) is 38.2 Å². The molecule has 0 saturated carbocycles. The molecule has 70 valence electrons. The highest BCUT2D eigenvalue weighted by atomic mass is 79.9. The van der Waals surface area contributed by atoms with Gasteiger partial charge in [-0.2, -0.15) is 5.10 Å². The van der Waals surface area contributed by atoms with Gasteiger partial charge in [-0.25, -0.2) is 0 Å². The summed E-state index contributed by atoms with van der Waals surface area (Å²) in [4.78, 5) is 2.24. The molecule has 5 heteroatoms. The van der Waals surface area contributed by atoms with Crippen LogP contribution in [-0.4, -0.2) is 36.5 Å². The van der Waals surface area contributed by atoms with E-state index < -0.39 is 0 Å². The Bertz CT molecular complexity index is 288. The standard InChI is InChI=1S/C8H10BrN3O/c9-8-7(1-2-10-11-8)12-3-5-13-6-4-12/h1-2H,3-6H2. The molecule has 1 aromatic rings. The van der Waals surface area contributed by atoms with E-state index in [-0.39, 0.29) is 0 Å². The summed E-state index contributed by atoms with van der Waals surface area (Å²) in [7, 11) is 0. The molecule has 0 aromatic carbocycles. The lowest BCUT2D eigenvalue weighted by molar-refractivity contribution is 0.122. The van der Waals surface area contributed by atoms with Gasteiger partial charge in [-0.05, 0) is 22.0 Å². The molecule has 0 amide bonds. The van der Waals surface area contributed by atoms with Crippen molar-refractivity contribution in [1.29, 1.82) is 0 Å². The van der Waals surface area contributed by atoms with E-state index in [9.17, 15) is 0 Å². The average molecular weight is 244 g/mol. The molecule has 13 heavy (non-hydrogen) atoms. The number of ether oxygens (including phenoxy) is 1. The molecular weight excluding hydrogens is 234 g/mol. The lowest BCUT2D eigenvalue weighted by atomic mass is 10.3. The van der Waals surface area contributed by atoms with Crippen molar-refractivity contribution < 1.29 is 4.74 Å². The van der Waals surface area contributed by atoms with E-state index in [1.165, 1.54) is 0 Å². The molecule has 1 aliphatic rings. The van der Waals surface area contributed by atoms with E-state index in [4.69, 9.17) is 4.74 Å². The number of hydrogen-bond donors (Lipinski definition) is 0. The first kappa shape index (κ1) is 8.90. The number of nitrogens with zero attached hydrogens (tertiary/aromatic N) is 3. The van der Waals surface area contributed by atoms with Gasteiger partial charge in [-0.15, -0.1) is 5.10 Å². The van der Waals surface area contributed by atoms with Crippen LogP contribution in [0.15, 0.2) is 16.9 Å². The highest BCUT2D eigenvalue weighted by Gasteiger charge is 2.13. The highest BCUT2D eigenvalue weighted by molar-refractivity contribution is 9.10. The third-order valence-electron chi connectivity index (χ3n) is 2.01. The zero-order valence-corrected chi connectivity index (χ0v) is 8.70. The van der Waals surface area contributed by atoms with E-state index >= 15 is 0 Å². The zero-order chi connectivity index (χ0) is 9.10. The fraction of sp³-hybridized carbons (Fsp3) is 0.500. The fourth-order valence-corrected chi connectivity index (χ4v) is 1.82. The molecule has 1 aliphatic heterocycles. The minimum absolute atomic E-state index is 0.786. The number of aromatic nitrogens is 2. The van der Waals surface area contributed by atoms with Crippen LogP contribution >= 0.6 is 15.9 Å². The molecular formula is C8H10BrN3O. The van der Waals surface area contributed by atoms with Crippen LogP contribution in [0.1, 0.15) is 0 Å². The molecule has 0 bridgehead atoms. The lowest BCUT2D eigenvalue weighted by Crippen LogP contribution is -2.36. The Labute approximate surface area is 85.0 Å². The lowest BCUT2D eigenvalue weighted by Gasteiger charge is -2.28. The van der Waals surface area contributed by atoms with E-state index in [1.54, 1.807) is 6.20 Å². The van der Waals surface area contributed by atoms with Gasteiger partial charge in [0.2, 0.25) is 0 Å². The quantitative estimate of drug-likeness (QED) is 0.740. The SMILES string of the molecule is Brc1nnccc1N1CCOCC1. The predicted molar refractivity (Wildman–Crippen MR) is 52.8 cm³/mol. The maximum Gasteiger partial charge on any atom is 0.152 e. The molecule has 0 spiro atoms. The second kappa shape index (κ2) is 4.02. The molecule has 1 aromatic heterocycles. The van der Waals surface area contributed by atoms with E-state index in [1.807, 2.05) is 6.07 Å². The summed E-state index contributed by atoms with van der Waals surface area (Å²) < 4.78 is 6.07. The third kappa shape index (κ3) is 1.97. The van der Waals surface area contributed by atoms with Gasteiger partial charge in [0.15, 0.2) is 4.60 Å². The Balaban J connectivity index is 2.18. The normalized spacial score (nSPS) is 17.5. The summed E-state index contributed by atoms with van der Waals surface area (Å²) in [6.45, 7) is 3.41. The van der Waals surface area contributed by atoms with Gasteiger partial charge < -0.3 is 9.64 Å². The molecule has 0 unspecified atom stereocenters. The highest BCUT2D eigenvalue weighted by Crippen LogP contribution is 2.22. The van der Waals surface area contributed by atoms with E-state index in [2.05, 4.69) is 31.0 Å². The van der Waals surface area contributed by atoms with Crippen molar-refractivity contribution in [3.05, 3.63) is 16.9 Å². The van der Waals surface area contributed by atoms with Crippen LogP contribution in [0.25, 0.3) is 0 Å². The number of halogens is 1. The van der Waals surface area contributed by atoms with Crippen LogP contribution in [0, 0.1) is 0 Å². The van der Waals surface area contributed by atoms with Gasteiger partial charge in [0.05, 0.1) is 25.1 Å². The second-order valence-corrected chi connectivity index (χ2v) is 3.56. The van der Waals surface area contributed by atoms with Crippen molar-refractivity contribution in [1.82, 2.24) is 10.2 Å². The summed E-state index contributed by atoms with van der Waals surface area (Å²) in [5.74, 6) is 0. The summed E-state index contributed by atoms with van der Waals surface area (Å²) in [6, 6.07) is 1.96. The van der Waals surface area contributed by atoms with E-state index in [0.717, 1.165) is 36.6 Å². The van der Waals surface area contributed by atoms with Crippen molar-refractivity contribution in [2.75, 3.05) is 31.2 Å². The first-order chi connectivity index (χ1) is 6.38. The van der Waals surface area contributed by atoms with Gasteiger partial charge in [0.25, 0.3) is 0 Å². The van der Waals surface area contributed by atoms with Crippen LogP contribution in [0.2, 0.25) is 0 Å². The van der Waals surface area contributed by atoms with Gasteiger partial charge in [0, 0.05) is 13.1 Å². The van der Waals surface area contributed by atoms with Crippen molar-refractivity contribution in [3.8, 4) is 0 Å². The number of anilines is 1. The third-order valence-corrected chi connectivity index (χ3v) is 2.57. The maximum atomic E-state index is 5.27. The maximum absolute atomic E-state index is 5.27. The van der Waals surface area contributed by atoms with Crippen LogP contribution in [0.3, 0.4) is 0 Å². The minimum atomic E-state index is 0.786. The van der Waals surface area contributed by atoms with Crippen LogP contribution < -0.4 is 4.90 Å². The Morgan fingerprint density at radius 3 is 2.85 bits per heavy atom. The summed E-state index contributed by atoms with van der Waals surface area (Å²) in [5.41, 5.74) is 1.10. The molecule has 0 aliphatic carbocycles. The van der Waals surface area contributed by atoms with Gasteiger partial charge >= 0.3 is 0 Å². The molecule has 1 saturated heterocycles. The summed E-state index contributed by atoms with van der Waals surface area (Å²) >= 11 is 3.38. The first-order valence-corrected chi connectivity index (χ1v) is 4.97. The Hall–Kier alpha value is -0.680. The Kier molecular flexibility index (Phi) is 2.75. The molecule has 0 N–H and O–H groups in total. The fourth-order valence-electron chi connectivity index (χ4n) is 1.35. The molecule has 2 heterocycles. The molecule has 4 nitrogen and oxygen atoms in total. The number of rotatable bonds is 1. The summed E-state index contributed by atoms with van der Waals surface area (Å²) in [5, 5.41) is 7.72. The van der Waals surface area contributed by atoms with Crippen LogP contribution in [0.5, 0.6) is 0 Å². The van der Waals surface area contributed by atoms with E-state index in [0.29, 0.717) is 0 Å². The van der Waals surface area contributed by atoms with Gasteiger partial charge in [-0.3, -0.25) is 0 Å². The van der Waals surface area contributed by atoms with Crippen molar-refractivity contribution >= 4 is 21.6 Å². The number of morpholine rings is 1. The van der Waals surface area contributed by atoms with Crippen LogP contribution in [0.4, 0.5) is 5.69 Å². The Morgan fingerprint density at radius 2 is 2.15 bits per heavy atom. The predicted octanol–water partition coefficient (Wildman–Crippen LogP) is 1.08. The molecule has 0 radical (unpaired) electrons. The summed E-state index contributed by atoms with van der Waals surface area (Å²) in [6.07, 6.45) is 1.70. The van der Waals surface area contributed by atoms with Gasteiger partial charge in [0.1, 0.15) is 0 Å². The Morgan fingerprint density at radius 1 is 1.38 bits per heavy atom. The van der Waals surface area contributed by atoms with Gasteiger partial charge in [-0.1, -0.05) is 0 Å². The first-order valence-electron chi connectivity index (χ1n) is 4.18. The average Bonchev–Trinajstić information content (AvgIpc) is 2.20. The number of hydrogen-bond acceptors (Lipinski definition) is 4. The van der Waals surface area contributed by atoms with Crippen molar-refractivity contribution in [2.24, 2.45) is 0 Å².